The van der Waals surface area contributed by atoms with E-state index in [0.29, 0.717) is 17.4 Å². The van der Waals surface area contributed by atoms with Gasteiger partial charge in [-0.15, -0.1) is 5.10 Å². The van der Waals surface area contributed by atoms with Gasteiger partial charge in [0.2, 0.25) is 5.91 Å². The van der Waals surface area contributed by atoms with Gasteiger partial charge in [-0.2, -0.15) is 0 Å². The number of hydrogen-bond acceptors (Lipinski definition) is 5. The lowest BCUT2D eigenvalue weighted by atomic mass is 9.99. The minimum atomic E-state index is -0.225. The second-order valence-electron chi connectivity index (χ2n) is 8.46. The van der Waals surface area contributed by atoms with Crippen LogP contribution in [0.25, 0.3) is 10.9 Å². The Morgan fingerprint density at radius 2 is 1.90 bits per heavy atom. The maximum absolute atomic E-state index is 12.4. The van der Waals surface area contributed by atoms with Crippen molar-refractivity contribution in [2.24, 2.45) is 5.92 Å². The van der Waals surface area contributed by atoms with Crippen LogP contribution in [0.3, 0.4) is 0 Å². The number of aryl methyl sites for hydroxylation is 1. The van der Waals surface area contributed by atoms with E-state index in [1.165, 1.54) is 36.2 Å². The zero-order valence-electron chi connectivity index (χ0n) is 18.0. The molecule has 1 unspecified atom stereocenters. The summed E-state index contributed by atoms with van der Waals surface area (Å²) in [5.74, 6) is 0.660. The maximum atomic E-state index is 12.4. The van der Waals surface area contributed by atoms with E-state index in [1.807, 2.05) is 6.07 Å². The van der Waals surface area contributed by atoms with Crippen LogP contribution in [0.15, 0.2) is 53.3 Å². The van der Waals surface area contributed by atoms with E-state index in [4.69, 9.17) is 0 Å². The quantitative estimate of drug-likeness (QED) is 0.637. The minimum Gasteiger partial charge on any atom is -0.352 e. The van der Waals surface area contributed by atoms with E-state index in [-0.39, 0.29) is 24.4 Å². The number of benzene rings is 2. The Hall–Kier alpha value is -3.06. The van der Waals surface area contributed by atoms with Gasteiger partial charge in [0.25, 0.3) is 5.56 Å². The molecule has 162 valence electrons. The van der Waals surface area contributed by atoms with Gasteiger partial charge in [0.05, 0.1) is 11.9 Å². The second kappa shape index (κ2) is 9.83. The summed E-state index contributed by atoms with van der Waals surface area (Å²) < 4.78 is 1.25. The average Bonchev–Trinajstić information content (AvgIpc) is 2.78. The van der Waals surface area contributed by atoms with Gasteiger partial charge < -0.3 is 5.32 Å². The molecular weight excluding hydrogens is 390 g/mol. The molecule has 1 atom stereocenters. The van der Waals surface area contributed by atoms with Crippen molar-refractivity contribution in [2.45, 2.75) is 45.8 Å². The van der Waals surface area contributed by atoms with Gasteiger partial charge in [-0.05, 0) is 48.6 Å². The van der Waals surface area contributed by atoms with E-state index in [2.05, 4.69) is 51.7 Å². The van der Waals surface area contributed by atoms with E-state index in [1.54, 1.807) is 18.2 Å². The first kappa shape index (κ1) is 21.2. The summed E-state index contributed by atoms with van der Waals surface area (Å²) in [5.41, 5.74) is 2.70. The predicted molar refractivity (Wildman–Crippen MR) is 120 cm³/mol. The minimum absolute atomic E-state index is 0.117. The number of likely N-dealkylation sites (tertiary alicyclic amines) is 1. The van der Waals surface area contributed by atoms with Gasteiger partial charge in [0, 0.05) is 26.1 Å². The summed E-state index contributed by atoms with van der Waals surface area (Å²) >= 11 is 0. The summed E-state index contributed by atoms with van der Waals surface area (Å²) in [4.78, 5) is 27.2. The van der Waals surface area contributed by atoms with E-state index < -0.39 is 0 Å². The molecule has 7 heteroatoms. The normalized spacial score (nSPS) is 17.0. The van der Waals surface area contributed by atoms with Crippen LogP contribution in [0, 0.1) is 5.92 Å². The molecule has 1 saturated heterocycles. The topological polar surface area (TPSA) is 80.1 Å². The molecule has 7 nitrogen and oxygen atoms in total. The molecule has 0 spiro atoms. The first-order valence-corrected chi connectivity index (χ1v) is 11.0. The smallest absolute Gasteiger partial charge is 0.277 e. The van der Waals surface area contributed by atoms with E-state index in [9.17, 15) is 9.59 Å². The van der Waals surface area contributed by atoms with Crippen LogP contribution < -0.4 is 10.9 Å². The van der Waals surface area contributed by atoms with Crippen LogP contribution in [0.1, 0.15) is 37.3 Å². The van der Waals surface area contributed by atoms with Gasteiger partial charge in [0.1, 0.15) is 5.52 Å². The number of carbonyl (C=O) groups is 1. The molecular formula is C24H29N5O2. The molecule has 1 amide bonds. The second-order valence-corrected chi connectivity index (χ2v) is 8.46. The number of nitrogens with one attached hydrogen (secondary N) is 1. The van der Waals surface area contributed by atoms with Crippen molar-refractivity contribution >= 4 is 16.8 Å². The Morgan fingerprint density at radius 3 is 2.71 bits per heavy atom. The predicted octanol–water partition coefficient (Wildman–Crippen LogP) is 2.73. The number of hydrogen-bond donors (Lipinski definition) is 1. The Bertz CT molecular complexity index is 1090. The van der Waals surface area contributed by atoms with Gasteiger partial charge >= 0.3 is 0 Å². The molecule has 3 aromatic rings. The summed E-state index contributed by atoms with van der Waals surface area (Å²) in [5, 5.41) is 11.4. The highest BCUT2D eigenvalue weighted by Crippen LogP contribution is 2.18. The fourth-order valence-corrected chi connectivity index (χ4v) is 4.12. The van der Waals surface area contributed by atoms with Crippen molar-refractivity contribution in [1.82, 2.24) is 25.2 Å². The SMILES string of the molecule is CC1CCCN(Cc2ccc(CNC(=O)CCn3nnc4ccccc4c3=O)cc2)C1. The molecule has 1 aromatic heterocycles. The molecule has 1 aliphatic heterocycles. The van der Waals surface area contributed by atoms with Gasteiger partial charge in [-0.1, -0.05) is 48.5 Å². The zero-order chi connectivity index (χ0) is 21.6. The third-order valence-corrected chi connectivity index (χ3v) is 5.84. The lowest BCUT2D eigenvalue weighted by Crippen LogP contribution is -2.33. The average molecular weight is 420 g/mol. The van der Waals surface area contributed by atoms with Gasteiger partial charge in [0.15, 0.2) is 0 Å². The number of amides is 1. The molecule has 0 saturated carbocycles. The first-order chi connectivity index (χ1) is 15.1. The zero-order valence-corrected chi connectivity index (χ0v) is 18.0. The number of carbonyl (C=O) groups excluding carboxylic acids is 1. The molecule has 2 heterocycles. The number of fused-ring (bicyclic) bond motifs is 1. The third kappa shape index (κ3) is 5.55. The molecule has 0 aliphatic carbocycles. The number of piperidine rings is 1. The maximum Gasteiger partial charge on any atom is 0.277 e. The van der Waals surface area contributed by atoms with Crippen molar-refractivity contribution < 1.29 is 4.79 Å². The molecule has 2 aromatic carbocycles. The van der Waals surface area contributed by atoms with Crippen molar-refractivity contribution in [1.29, 1.82) is 0 Å². The molecule has 4 rings (SSSR count). The molecule has 0 radical (unpaired) electrons. The van der Waals surface area contributed by atoms with Crippen LogP contribution >= 0.6 is 0 Å². The fraction of sp³-hybridized carbons (Fsp3) is 0.417. The van der Waals surface area contributed by atoms with Gasteiger partial charge in [-0.25, -0.2) is 4.68 Å². The first-order valence-electron chi connectivity index (χ1n) is 11.0. The molecule has 1 aliphatic rings. The summed E-state index contributed by atoms with van der Waals surface area (Å²) in [7, 11) is 0. The Morgan fingerprint density at radius 1 is 1.13 bits per heavy atom. The largest absolute Gasteiger partial charge is 0.352 e. The highest BCUT2D eigenvalue weighted by atomic mass is 16.2. The van der Waals surface area contributed by atoms with Crippen molar-refractivity contribution in [3.63, 3.8) is 0 Å². The Kier molecular flexibility index (Phi) is 6.72. The van der Waals surface area contributed by atoms with E-state index in [0.717, 1.165) is 18.0 Å². The molecule has 31 heavy (non-hydrogen) atoms. The van der Waals surface area contributed by atoms with Crippen molar-refractivity contribution in [3.8, 4) is 0 Å². The van der Waals surface area contributed by atoms with Gasteiger partial charge in [-0.3, -0.25) is 14.5 Å². The van der Waals surface area contributed by atoms with Crippen molar-refractivity contribution in [3.05, 3.63) is 70.0 Å². The highest BCUT2D eigenvalue weighted by molar-refractivity contribution is 5.77. The van der Waals surface area contributed by atoms with Crippen LogP contribution in [-0.2, 0) is 24.4 Å². The molecule has 1 N–H and O–H groups in total. The van der Waals surface area contributed by atoms with Crippen LogP contribution in [-0.4, -0.2) is 38.9 Å². The van der Waals surface area contributed by atoms with Crippen LogP contribution in [0.2, 0.25) is 0 Å². The van der Waals surface area contributed by atoms with Crippen LogP contribution in [0.4, 0.5) is 0 Å². The standard InChI is InChI=1S/C24H29N5O2/c1-18-5-4-13-28(16-18)17-20-10-8-19(9-11-20)15-25-23(30)12-14-29-24(31)21-6-2-3-7-22(21)26-27-29/h2-3,6-11,18H,4-5,12-17H2,1H3,(H,25,30). The Labute approximate surface area is 182 Å². The Balaban J connectivity index is 1.25. The lowest BCUT2D eigenvalue weighted by molar-refractivity contribution is -0.121. The summed E-state index contributed by atoms with van der Waals surface area (Å²) in [6.45, 7) is 6.32. The number of nitrogens with zero attached hydrogens (tertiary/aromatic N) is 4. The monoisotopic (exact) mass is 419 g/mol. The molecule has 1 fully saturated rings. The van der Waals surface area contributed by atoms with Crippen LogP contribution in [0.5, 0.6) is 0 Å². The lowest BCUT2D eigenvalue weighted by Gasteiger charge is -2.30. The van der Waals surface area contributed by atoms with E-state index >= 15 is 0 Å². The number of rotatable bonds is 7. The molecule has 0 bridgehead atoms. The highest BCUT2D eigenvalue weighted by Gasteiger charge is 2.16. The summed E-state index contributed by atoms with van der Waals surface area (Å²) in [6.07, 6.45) is 2.79. The van der Waals surface area contributed by atoms with Crippen molar-refractivity contribution in [2.75, 3.05) is 13.1 Å². The fourth-order valence-electron chi connectivity index (χ4n) is 4.12. The number of aromatic nitrogens is 3. The summed E-state index contributed by atoms with van der Waals surface area (Å²) in [6, 6.07) is 15.5. The third-order valence-electron chi connectivity index (χ3n) is 5.84.